The summed E-state index contributed by atoms with van der Waals surface area (Å²) >= 11 is 0. The summed E-state index contributed by atoms with van der Waals surface area (Å²) in [5.74, 6) is -0.671. The van der Waals surface area contributed by atoms with Crippen molar-refractivity contribution in [2.75, 3.05) is 23.3 Å². The van der Waals surface area contributed by atoms with Gasteiger partial charge in [-0.1, -0.05) is 25.1 Å². The fraction of sp³-hybridized carbons (Fsp3) is 0.333. The van der Waals surface area contributed by atoms with Gasteiger partial charge in [0.05, 0.1) is 11.3 Å². The zero-order chi connectivity index (χ0) is 18.7. The summed E-state index contributed by atoms with van der Waals surface area (Å²) in [4.78, 5) is 26.4. The predicted octanol–water partition coefficient (Wildman–Crippen LogP) is 4.18. The largest absolute Gasteiger partial charge is 0.478 e. The van der Waals surface area contributed by atoms with Crippen LogP contribution in [0.4, 0.5) is 11.4 Å². The molecule has 26 heavy (non-hydrogen) atoms. The maximum atomic E-state index is 12.5. The summed E-state index contributed by atoms with van der Waals surface area (Å²) in [5, 5.41) is 12.5. The lowest BCUT2D eigenvalue weighted by atomic mass is 9.98. The van der Waals surface area contributed by atoms with Gasteiger partial charge >= 0.3 is 5.97 Å². The number of piperidine rings is 1. The molecule has 0 unspecified atom stereocenters. The molecule has 0 bridgehead atoms. The Balaban J connectivity index is 1.86. The van der Waals surface area contributed by atoms with Crippen LogP contribution in [0.25, 0.3) is 0 Å². The normalized spacial score (nSPS) is 17.0. The number of amides is 1. The van der Waals surface area contributed by atoms with E-state index in [0.29, 0.717) is 17.2 Å². The van der Waals surface area contributed by atoms with E-state index < -0.39 is 5.97 Å². The number of hydrogen-bond acceptors (Lipinski definition) is 3. The zero-order valence-electron chi connectivity index (χ0n) is 15.2. The van der Waals surface area contributed by atoms with Crippen LogP contribution in [0.5, 0.6) is 0 Å². The van der Waals surface area contributed by atoms with Gasteiger partial charge in [0.25, 0.3) is 5.91 Å². The van der Waals surface area contributed by atoms with Gasteiger partial charge < -0.3 is 15.3 Å². The first kappa shape index (κ1) is 18.0. The van der Waals surface area contributed by atoms with Crippen molar-refractivity contribution >= 4 is 23.3 Å². The summed E-state index contributed by atoms with van der Waals surface area (Å²) < 4.78 is 0. The molecule has 136 valence electrons. The Labute approximate surface area is 153 Å². The number of carboxylic acids is 1. The molecule has 2 N–H and O–H groups in total. The van der Waals surface area contributed by atoms with Crippen molar-refractivity contribution in [3.05, 3.63) is 59.2 Å². The van der Waals surface area contributed by atoms with Crippen molar-refractivity contribution in [3.63, 3.8) is 0 Å². The molecule has 1 saturated heterocycles. The number of aryl methyl sites for hydroxylation is 1. The number of nitrogens with zero attached hydrogens (tertiary/aromatic N) is 1. The van der Waals surface area contributed by atoms with E-state index in [-0.39, 0.29) is 11.5 Å². The smallest absolute Gasteiger partial charge is 0.337 e. The highest BCUT2D eigenvalue weighted by Crippen LogP contribution is 2.29. The molecule has 5 nitrogen and oxygen atoms in total. The van der Waals surface area contributed by atoms with Gasteiger partial charge in [0, 0.05) is 24.3 Å². The molecule has 1 aliphatic rings. The van der Waals surface area contributed by atoms with E-state index in [4.69, 9.17) is 0 Å². The van der Waals surface area contributed by atoms with Gasteiger partial charge in [-0.3, -0.25) is 4.79 Å². The number of rotatable bonds is 4. The van der Waals surface area contributed by atoms with Crippen LogP contribution >= 0.6 is 0 Å². The Bertz CT molecular complexity index is 832. The van der Waals surface area contributed by atoms with E-state index in [2.05, 4.69) is 17.1 Å². The number of carbonyl (C=O) groups is 2. The minimum atomic E-state index is -0.981. The average molecular weight is 352 g/mol. The Kier molecular flexibility index (Phi) is 5.26. The Morgan fingerprint density at radius 3 is 2.62 bits per heavy atom. The first-order valence-corrected chi connectivity index (χ1v) is 8.95. The van der Waals surface area contributed by atoms with Crippen LogP contribution in [0, 0.1) is 12.8 Å². The first-order chi connectivity index (χ1) is 12.5. The van der Waals surface area contributed by atoms with Gasteiger partial charge in [-0.05, 0) is 55.5 Å². The predicted molar refractivity (Wildman–Crippen MR) is 103 cm³/mol. The van der Waals surface area contributed by atoms with Gasteiger partial charge in [0.15, 0.2) is 0 Å². The zero-order valence-corrected chi connectivity index (χ0v) is 15.2. The molecule has 1 atom stereocenters. The second-order valence-corrected chi connectivity index (χ2v) is 7.00. The number of anilines is 2. The van der Waals surface area contributed by atoms with E-state index >= 15 is 0 Å². The van der Waals surface area contributed by atoms with Crippen LogP contribution in [-0.4, -0.2) is 30.1 Å². The average Bonchev–Trinajstić information content (AvgIpc) is 2.62. The highest BCUT2D eigenvalue weighted by molar-refractivity contribution is 6.06. The van der Waals surface area contributed by atoms with Crippen molar-refractivity contribution in [3.8, 4) is 0 Å². The molecule has 0 saturated carbocycles. The first-order valence-electron chi connectivity index (χ1n) is 8.95. The fourth-order valence-electron chi connectivity index (χ4n) is 3.50. The van der Waals surface area contributed by atoms with Crippen LogP contribution in [0.15, 0.2) is 42.5 Å². The summed E-state index contributed by atoms with van der Waals surface area (Å²) in [6.45, 7) is 5.77. The maximum Gasteiger partial charge on any atom is 0.337 e. The molecular weight excluding hydrogens is 328 g/mol. The molecule has 2 aromatic rings. The number of carboxylic acid groups (broad SMARTS) is 1. The molecular formula is C21H24N2O3. The van der Waals surface area contributed by atoms with Gasteiger partial charge in [0.1, 0.15) is 0 Å². The van der Waals surface area contributed by atoms with Crippen molar-refractivity contribution in [2.24, 2.45) is 5.92 Å². The standard InChI is InChI=1S/C21H24N2O3/c1-14-6-5-11-23(13-14)19-10-9-16(12-18(19)21(25)26)22-20(24)17-8-4-3-7-15(17)2/h3-4,7-10,12,14H,5-6,11,13H2,1-2H3,(H,22,24)(H,25,26)/t14-/m0/s1. The van der Waals surface area contributed by atoms with Crippen molar-refractivity contribution in [1.82, 2.24) is 0 Å². The topological polar surface area (TPSA) is 69.6 Å². The molecule has 1 heterocycles. The van der Waals surface area contributed by atoms with Crippen LogP contribution in [0.1, 0.15) is 46.0 Å². The quantitative estimate of drug-likeness (QED) is 0.866. The van der Waals surface area contributed by atoms with E-state index in [1.807, 2.05) is 25.1 Å². The lowest BCUT2D eigenvalue weighted by Crippen LogP contribution is -2.35. The number of hydrogen-bond donors (Lipinski definition) is 2. The highest BCUT2D eigenvalue weighted by Gasteiger charge is 2.22. The Morgan fingerprint density at radius 2 is 1.92 bits per heavy atom. The fourth-order valence-corrected chi connectivity index (χ4v) is 3.50. The molecule has 1 aliphatic heterocycles. The molecule has 5 heteroatoms. The van der Waals surface area contributed by atoms with Crippen LogP contribution in [0.3, 0.4) is 0 Å². The monoisotopic (exact) mass is 352 g/mol. The number of benzene rings is 2. The molecule has 0 aromatic heterocycles. The van der Waals surface area contributed by atoms with Crippen LogP contribution in [0.2, 0.25) is 0 Å². The summed E-state index contributed by atoms with van der Waals surface area (Å²) in [7, 11) is 0. The number of aromatic carboxylic acids is 1. The van der Waals surface area contributed by atoms with Crippen molar-refractivity contribution in [1.29, 1.82) is 0 Å². The number of carbonyl (C=O) groups excluding carboxylic acids is 1. The molecule has 0 spiro atoms. The second kappa shape index (κ2) is 7.60. The van der Waals surface area contributed by atoms with Gasteiger partial charge in [-0.25, -0.2) is 4.79 Å². The Morgan fingerprint density at radius 1 is 1.15 bits per heavy atom. The summed E-state index contributed by atoms with van der Waals surface area (Å²) in [6, 6.07) is 12.4. The third-order valence-corrected chi connectivity index (χ3v) is 4.87. The molecule has 2 aromatic carbocycles. The minimum Gasteiger partial charge on any atom is -0.478 e. The van der Waals surface area contributed by atoms with E-state index in [9.17, 15) is 14.7 Å². The summed E-state index contributed by atoms with van der Waals surface area (Å²) in [5.41, 5.74) is 2.89. The second-order valence-electron chi connectivity index (χ2n) is 7.00. The van der Waals surface area contributed by atoms with E-state index in [1.165, 1.54) is 6.42 Å². The molecule has 1 fully saturated rings. The van der Waals surface area contributed by atoms with E-state index in [1.54, 1.807) is 24.3 Å². The lowest BCUT2D eigenvalue weighted by molar-refractivity contribution is 0.0697. The van der Waals surface area contributed by atoms with Crippen LogP contribution < -0.4 is 10.2 Å². The molecule has 0 aliphatic carbocycles. The van der Waals surface area contributed by atoms with Crippen LogP contribution in [-0.2, 0) is 0 Å². The van der Waals surface area contributed by atoms with Gasteiger partial charge in [0.2, 0.25) is 0 Å². The minimum absolute atomic E-state index is 0.224. The molecule has 3 rings (SSSR count). The highest BCUT2D eigenvalue weighted by atomic mass is 16.4. The SMILES string of the molecule is Cc1ccccc1C(=O)Nc1ccc(N2CCC[C@H](C)C2)c(C(=O)O)c1. The molecule has 1 amide bonds. The number of nitrogens with one attached hydrogen (secondary N) is 1. The van der Waals surface area contributed by atoms with Gasteiger partial charge in [-0.15, -0.1) is 0 Å². The maximum absolute atomic E-state index is 12.5. The van der Waals surface area contributed by atoms with Gasteiger partial charge in [-0.2, -0.15) is 0 Å². The van der Waals surface area contributed by atoms with Crippen molar-refractivity contribution in [2.45, 2.75) is 26.7 Å². The lowest BCUT2D eigenvalue weighted by Gasteiger charge is -2.33. The third-order valence-electron chi connectivity index (χ3n) is 4.87. The molecule has 0 radical (unpaired) electrons. The summed E-state index contributed by atoms with van der Waals surface area (Å²) in [6.07, 6.45) is 2.23. The third kappa shape index (κ3) is 3.87. The Hall–Kier alpha value is -2.82. The van der Waals surface area contributed by atoms with E-state index in [0.717, 1.165) is 30.8 Å². The van der Waals surface area contributed by atoms with Crippen molar-refractivity contribution < 1.29 is 14.7 Å².